The SMILES string of the molecule is O=C(O)CN1CCC(CNC(=O)c2cc(C(F)(F)F)cc(C(F)(F)F)c2)CC1. The van der Waals surface area contributed by atoms with Crippen molar-refractivity contribution in [2.75, 3.05) is 26.2 Å². The fourth-order valence-electron chi connectivity index (χ4n) is 2.97. The maximum atomic E-state index is 12.9. The molecule has 0 spiro atoms. The number of halogens is 6. The monoisotopic (exact) mass is 412 g/mol. The van der Waals surface area contributed by atoms with Crippen molar-refractivity contribution in [3.63, 3.8) is 0 Å². The second kappa shape index (κ2) is 8.38. The molecular weight excluding hydrogens is 394 g/mol. The standard InChI is InChI=1S/C17H18F6N2O3/c18-16(19,20)12-5-11(6-13(7-12)17(21,22)23)15(28)24-8-10-1-3-25(4-2-10)9-14(26)27/h5-7,10H,1-4,8-9H2,(H,24,28)(H,26,27). The Labute approximate surface area is 156 Å². The lowest BCUT2D eigenvalue weighted by Crippen LogP contribution is -2.40. The summed E-state index contributed by atoms with van der Waals surface area (Å²) in [6.45, 7) is 0.935. The normalized spacial score (nSPS) is 16.8. The highest BCUT2D eigenvalue weighted by atomic mass is 19.4. The van der Waals surface area contributed by atoms with E-state index < -0.39 is 40.9 Å². The molecule has 0 unspecified atom stereocenters. The summed E-state index contributed by atoms with van der Waals surface area (Å²) < 4.78 is 77.1. The van der Waals surface area contributed by atoms with Crippen LogP contribution in [-0.2, 0) is 17.1 Å². The number of benzene rings is 1. The van der Waals surface area contributed by atoms with Gasteiger partial charge in [-0.1, -0.05) is 0 Å². The molecule has 0 radical (unpaired) electrons. The van der Waals surface area contributed by atoms with Crippen molar-refractivity contribution >= 4 is 11.9 Å². The molecule has 1 aromatic carbocycles. The highest BCUT2D eigenvalue weighted by Crippen LogP contribution is 2.36. The summed E-state index contributed by atoms with van der Waals surface area (Å²) in [5.41, 5.74) is -3.81. The number of nitrogens with zero attached hydrogens (tertiary/aromatic N) is 1. The van der Waals surface area contributed by atoms with Gasteiger partial charge in [-0.2, -0.15) is 26.3 Å². The Bertz CT molecular complexity index is 692. The summed E-state index contributed by atoms with van der Waals surface area (Å²) in [4.78, 5) is 24.5. The fraction of sp³-hybridized carbons (Fsp3) is 0.529. The van der Waals surface area contributed by atoms with Gasteiger partial charge in [0.25, 0.3) is 5.91 Å². The van der Waals surface area contributed by atoms with E-state index in [1.165, 1.54) is 0 Å². The Morgan fingerprint density at radius 3 is 1.93 bits per heavy atom. The molecule has 0 bridgehead atoms. The van der Waals surface area contributed by atoms with E-state index in [0.717, 1.165) is 0 Å². The van der Waals surface area contributed by atoms with Gasteiger partial charge in [-0.05, 0) is 50.0 Å². The van der Waals surface area contributed by atoms with Crippen LogP contribution in [-0.4, -0.2) is 48.1 Å². The first-order chi connectivity index (χ1) is 12.9. The second-order valence-electron chi connectivity index (χ2n) is 6.62. The number of carboxylic acids is 1. The number of rotatable bonds is 5. The van der Waals surface area contributed by atoms with Crippen molar-refractivity contribution in [2.45, 2.75) is 25.2 Å². The summed E-state index contributed by atoms with van der Waals surface area (Å²) in [6, 6.07) is 0.745. The first-order valence-electron chi connectivity index (χ1n) is 8.38. The molecule has 1 aromatic rings. The van der Waals surface area contributed by atoms with Crippen LogP contribution in [0.2, 0.25) is 0 Å². The molecule has 1 aliphatic heterocycles. The van der Waals surface area contributed by atoms with Gasteiger partial charge in [0.15, 0.2) is 0 Å². The van der Waals surface area contributed by atoms with E-state index in [2.05, 4.69) is 5.32 Å². The molecule has 0 aliphatic carbocycles. The molecule has 28 heavy (non-hydrogen) atoms. The van der Waals surface area contributed by atoms with E-state index in [1.54, 1.807) is 4.90 Å². The maximum absolute atomic E-state index is 12.9. The van der Waals surface area contributed by atoms with Crippen LogP contribution in [0.5, 0.6) is 0 Å². The minimum absolute atomic E-state index is 0.0328. The Balaban J connectivity index is 2.03. The zero-order valence-corrected chi connectivity index (χ0v) is 14.5. The van der Waals surface area contributed by atoms with Crippen molar-refractivity contribution in [1.82, 2.24) is 10.2 Å². The van der Waals surface area contributed by atoms with Gasteiger partial charge in [-0.3, -0.25) is 14.5 Å². The van der Waals surface area contributed by atoms with E-state index in [1.807, 2.05) is 0 Å². The van der Waals surface area contributed by atoms with Gasteiger partial charge in [0.1, 0.15) is 0 Å². The summed E-state index contributed by atoms with van der Waals surface area (Å²) in [7, 11) is 0. The van der Waals surface area contributed by atoms with Crippen LogP contribution in [0.3, 0.4) is 0 Å². The number of nitrogens with one attached hydrogen (secondary N) is 1. The summed E-state index contributed by atoms with van der Waals surface area (Å²) >= 11 is 0. The third-order valence-electron chi connectivity index (χ3n) is 4.47. The molecule has 1 saturated heterocycles. The van der Waals surface area contributed by atoms with Crippen molar-refractivity contribution < 1.29 is 41.0 Å². The molecule has 1 aliphatic rings. The molecule has 2 N–H and O–H groups in total. The second-order valence-corrected chi connectivity index (χ2v) is 6.62. The Kier molecular flexibility index (Phi) is 6.58. The fourth-order valence-corrected chi connectivity index (χ4v) is 2.97. The largest absolute Gasteiger partial charge is 0.480 e. The summed E-state index contributed by atoms with van der Waals surface area (Å²) in [5, 5.41) is 11.1. The molecule has 5 nitrogen and oxygen atoms in total. The van der Waals surface area contributed by atoms with Crippen LogP contribution in [0.15, 0.2) is 18.2 Å². The molecule has 0 saturated carbocycles. The van der Waals surface area contributed by atoms with Gasteiger partial charge >= 0.3 is 18.3 Å². The predicted molar refractivity (Wildman–Crippen MR) is 85.6 cm³/mol. The Morgan fingerprint density at radius 2 is 1.50 bits per heavy atom. The highest BCUT2D eigenvalue weighted by molar-refractivity contribution is 5.94. The number of amides is 1. The zero-order chi connectivity index (χ0) is 21.1. The number of alkyl halides is 6. The predicted octanol–water partition coefficient (Wildman–Crippen LogP) is 3.25. The number of piperidine rings is 1. The molecule has 1 amide bonds. The lowest BCUT2D eigenvalue weighted by atomic mass is 9.96. The van der Waals surface area contributed by atoms with Crippen LogP contribution >= 0.6 is 0 Å². The van der Waals surface area contributed by atoms with Gasteiger partial charge < -0.3 is 10.4 Å². The van der Waals surface area contributed by atoms with Gasteiger partial charge in [0, 0.05) is 12.1 Å². The van der Waals surface area contributed by atoms with Crippen LogP contribution in [0.1, 0.15) is 34.3 Å². The number of likely N-dealkylation sites (tertiary alicyclic amines) is 1. The number of carbonyl (C=O) groups excluding carboxylic acids is 1. The minimum Gasteiger partial charge on any atom is -0.480 e. The van der Waals surface area contributed by atoms with Gasteiger partial charge in [-0.15, -0.1) is 0 Å². The Hall–Kier alpha value is -2.30. The number of aliphatic carboxylic acids is 1. The van der Waals surface area contributed by atoms with Crippen molar-refractivity contribution in [1.29, 1.82) is 0 Å². The summed E-state index contributed by atoms with van der Waals surface area (Å²) in [6.07, 6.45) is -8.92. The lowest BCUT2D eigenvalue weighted by molar-refractivity contribution is -0.143. The molecule has 1 heterocycles. The van der Waals surface area contributed by atoms with Crippen LogP contribution in [0, 0.1) is 5.92 Å². The molecule has 1 fully saturated rings. The Morgan fingerprint density at radius 1 is 1.00 bits per heavy atom. The molecule has 0 aromatic heterocycles. The van der Waals surface area contributed by atoms with Crippen molar-refractivity contribution in [3.8, 4) is 0 Å². The molecule has 2 rings (SSSR count). The number of carbonyl (C=O) groups is 2. The third kappa shape index (κ3) is 6.11. The van der Waals surface area contributed by atoms with Gasteiger partial charge in [0.2, 0.25) is 0 Å². The van der Waals surface area contributed by atoms with Gasteiger partial charge in [-0.25, -0.2) is 0 Å². The van der Waals surface area contributed by atoms with Crippen LogP contribution in [0.25, 0.3) is 0 Å². The first kappa shape index (κ1) is 22.0. The van der Waals surface area contributed by atoms with E-state index in [0.29, 0.717) is 38.1 Å². The molecule has 156 valence electrons. The van der Waals surface area contributed by atoms with Crippen molar-refractivity contribution in [2.24, 2.45) is 5.92 Å². The summed E-state index contributed by atoms with van der Waals surface area (Å²) in [5.74, 6) is -2.02. The number of carboxylic acid groups (broad SMARTS) is 1. The quantitative estimate of drug-likeness (QED) is 0.729. The zero-order valence-electron chi connectivity index (χ0n) is 14.5. The topological polar surface area (TPSA) is 69.6 Å². The van der Waals surface area contributed by atoms with Crippen molar-refractivity contribution in [3.05, 3.63) is 34.9 Å². The average Bonchev–Trinajstić information content (AvgIpc) is 2.58. The first-order valence-corrected chi connectivity index (χ1v) is 8.38. The average molecular weight is 412 g/mol. The maximum Gasteiger partial charge on any atom is 0.416 e. The highest BCUT2D eigenvalue weighted by Gasteiger charge is 2.37. The minimum atomic E-state index is -5.02. The van der Waals surface area contributed by atoms with Crippen LogP contribution < -0.4 is 5.32 Å². The van der Waals surface area contributed by atoms with Gasteiger partial charge in [0.05, 0.1) is 17.7 Å². The number of hydrogen-bond acceptors (Lipinski definition) is 3. The van der Waals surface area contributed by atoms with E-state index in [-0.39, 0.29) is 25.1 Å². The van der Waals surface area contributed by atoms with E-state index in [4.69, 9.17) is 5.11 Å². The third-order valence-corrected chi connectivity index (χ3v) is 4.47. The smallest absolute Gasteiger partial charge is 0.416 e. The molecular formula is C17H18F6N2O3. The van der Waals surface area contributed by atoms with E-state index >= 15 is 0 Å². The molecule has 0 atom stereocenters. The number of hydrogen-bond donors (Lipinski definition) is 2. The molecule has 11 heteroatoms. The van der Waals surface area contributed by atoms with Crippen LogP contribution in [0.4, 0.5) is 26.3 Å². The van der Waals surface area contributed by atoms with E-state index in [9.17, 15) is 35.9 Å². The lowest BCUT2D eigenvalue weighted by Gasteiger charge is -2.30.